The zero-order valence-corrected chi connectivity index (χ0v) is 6.78. The van der Waals surface area contributed by atoms with Crippen molar-refractivity contribution in [3.05, 3.63) is 0 Å². The Hall–Kier alpha value is -0.160. The van der Waals surface area contributed by atoms with Crippen molar-refractivity contribution in [3.63, 3.8) is 0 Å². The van der Waals surface area contributed by atoms with E-state index in [2.05, 4.69) is 0 Å². The maximum absolute atomic E-state index is 9.54. The van der Waals surface area contributed by atoms with E-state index in [9.17, 15) is 5.11 Å². The van der Waals surface area contributed by atoms with Gasteiger partial charge in [-0.05, 0) is 13.8 Å². The van der Waals surface area contributed by atoms with Crippen molar-refractivity contribution in [3.8, 4) is 0 Å². The summed E-state index contributed by atoms with van der Waals surface area (Å²) in [5.41, 5.74) is -1.07. The molecule has 11 heavy (non-hydrogen) atoms. The standard InChI is InChI=1S/C7H14O4/c1-5-10-4-7(2,9)6(3-8)11-5/h5-6,8-9H,3-4H2,1-2H3. The van der Waals surface area contributed by atoms with Gasteiger partial charge in [-0.2, -0.15) is 0 Å². The molecule has 1 saturated heterocycles. The Morgan fingerprint density at radius 1 is 1.64 bits per heavy atom. The van der Waals surface area contributed by atoms with Gasteiger partial charge in [0.1, 0.15) is 11.7 Å². The Labute approximate surface area is 65.7 Å². The maximum atomic E-state index is 9.54. The maximum Gasteiger partial charge on any atom is 0.155 e. The van der Waals surface area contributed by atoms with Crippen LogP contribution in [0.15, 0.2) is 0 Å². The molecule has 2 N–H and O–H groups in total. The molecule has 0 spiro atoms. The van der Waals surface area contributed by atoms with Crippen LogP contribution in [0.3, 0.4) is 0 Å². The minimum Gasteiger partial charge on any atom is -0.394 e. The molecule has 0 aromatic heterocycles. The molecule has 1 rings (SSSR count). The van der Waals surface area contributed by atoms with Crippen LogP contribution in [0, 0.1) is 0 Å². The van der Waals surface area contributed by atoms with Crippen LogP contribution in [0.25, 0.3) is 0 Å². The highest BCUT2D eigenvalue weighted by molar-refractivity contribution is 4.85. The summed E-state index contributed by atoms with van der Waals surface area (Å²) in [6.07, 6.45) is -0.876. The molecule has 3 atom stereocenters. The van der Waals surface area contributed by atoms with Crippen molar-refractivity contribution in [2.75, 3.05) is 13.2 Å². The zero-order chi connectivity index (χ0) is 8.48. The van der Waals surface area contributed by atoms with Crippen LogP contribution in [-0.4, -0.2) is 41.4 Å². The lowest BCUT2D eigenvalue weighted by Crippen LogP contribution is -2.53. The van der Waals surface area contributed by atoms with Crippen LogP contribution >= 0.6 is 0 Å². The average molecular weight is 162 g/mol. The van der Waals surface area contributed by atoms with Crippen molar-refractivity contribution >= 4 is 0 Å². The summed E-state index contributed by atoms with van der Waals surface area (Å²) in [5.74, 6) is 0. The van der Waals surface area contributed by atoms with Crippen LogP contribution in [-0.2, 0) is 9.47 Å². The lowest BCUT2D eigenvalue weighted by Gasteiger charge is -2.38. The summed E-state index contributed by atoms with van der Waals surface area (Å²) in [7, 11) is 0. The van der Waals surface area contributed by atoms with Gasteiger partial charge in [0.2, 0.25) is 0 Å². The van der Waals surface area contributed by atoms with Crippen molar-refractivity contribution in [1.82, 2.24) is 0 Å². The largest absolute Gasteiger partial charge is 0.394 e. The first kappa shape index (κ1) is 8.93. The van der Waals surface area contributed by atoms with Crippen molar-refractivity contribution in [2.45, 2.75) is 31.8 Å². The molecule has 0 bridgehead atoms. The van der Waals surface area contributed by atoms with E-state index in [4.69, 9.17) is 14.6 Å². The van der Waals surface area contributed by atoms with Gasteiger partial charge >= 0.3 is 0 Å². The van der Waals surface area contributed by atoms with E-state index < -0.39 is 11.7 Å². The lowest BCUT2D eigenvalue weighted by atomic mass is 10.00. The number of hydrogen-bond acceptors (Lipinski definition) is 4. The number of rotatable bonds is 1. The van der Waals surface area contributed by atoms with Crippen LogP contribution in [0.2, 0.25) is 0 Å². The van der Waals surface area contributed by atoms with Gasteiger partial charge in [0.25, 0.3) is 0 Å². The molecule has 0 aliphatic carbocycles. The average Bonchev–Trinajstić information content (AvgIpc) is 1.94. The van der Waals surface area contributed by atoms with E-state index in [0.717, 1.165) is 0 Å². The van der Waals surface area contributed by atoms with E-state index >= 15 is 0 Å². The molecule has 1 heterocycles. The van der Waals surface area contributed by atoms with Crippen LogP contribution in [0.4, 0.5) is 0 Å². The minimum absolute atomic E-state index is 0.180. The van der Waals surface area contributed by atoms with E-state index in [0.29, 0.717) is 0 Å². The second kappa shape index (κ2) is 3.06. The quantitative estimate of drug-likeness (QED) is 0.545. The molecule has 0 aromatic rings. The van der Waals surface area contributed by atoms with Gasteiger partial charge in [0.05, 0.1) is 13.2 Å². The fourth-order valence-electron chi connectivity index (χ4n) is 1.04. The van der Waals surface area contributed by atoms with Gasteiger partial charge in [-0.1, -0.05) is 0 Å². The first-order valence-electron chi connectivity index (χ1n) is 3.66. The van der Waals surface area contributed by atoms with Gasteiger partial charge in [-0.15, -0.1) is 0 Å². The van der Waals surface area contributed by atoms with Gasteiger partial charge < -0.3 is 19.7 Å². The van der Waals surface area contributed by atoms with Crippen LogP contribution in [0.1, 0.15) is 13.8 Å². The first-order chi connectivity index (χ1) is 5.06. The summed E-state index contributed by atoms with van der Waals surface area (Å²) in [5, 5.41) is 18.3. The van der Waals surface area contributed by atoms with E-state index in [1.165, 1.54) is 0 Å². The normalized spacial score (nSPS) is 45.8. The van der Waals surface area contributed by atoms with Gasteiger partial charge in [-0.3, -0.25) is 0 Å². The molecule has 4 heteroatoms. The van der Waals surface area contributed by atoms with E-state index in [1.54, 1.807) is 13.8 Å². The second-order valence-electron chi connectivity index (χ2n) is 3.04. The Balaban J connectivity index is 2.56. The molecule has 66 valence electrons. The van der Waals surface area contributed by atoms with Crippen molar-refractivity contribution in [2.24, 2.45) is 0 Å². The van der Waals surface area contributed by atoms with Gasteiger partial charge in [0, 0.05) is 0 Å². The van der Waals surface area contributed by atoms with Crippen LogP contribution < -0.4 is 0 Å². The minimum atomic E-state index is -1.07. The molecule has 0 saturated carbocycles. The van der Waals surface area contributed by atoms with E-state index in [-0.39, 0.29) is 19.5 Å². The molecule has 0 radical (unpaired) electrons. The van der Waals surface area contributed by atoms with Gasteiger partial charge in [0.15, 0.2) is 6.29 Å². The van der Waals surface area contributed by atoms with Crippen molar-refractivity contribution in [1.29, 1.82) is 0 Å². The Kier molecular flexibility index (Phi) is 2.49. The third kappa shape index (κ3) is 1.90. The third-order valence-electron chi connectivity index (χ3n) is 1.83. The molecule has 4 nitrogen and oxygen atoms in total. The summed E-state index contributed by atoms with van der Waals surface area (Å²) >= 11 is 0. The molecule has 3 unspecified atom stereocenters. The summed E-state index contributed by atoms with van der Waals surface area (Å²) in [6, 6.07) is 0. The number of hydrogen-bond donors (Lipinski definition) is 2. The molecular formula is C7H14O4. The van der Waals surface area contributed by atoms with Crippen molar-refractivity contribution < 1.29 is 19.7 Å². The van der Waals surface area contributed by atoms with Gasteiger partial charge in [-0.25, -0.2) is 0 Å². The Morgan fingerprint density at radius 2 is 2.27 bits per heavy atom. The Morgan fingerprint density at radius 3 is 2.73 bits per heavy atom. The highest BCUT2D eigenvalue weighted by Crippen LogP contribution is 2.21. The fraction of sp³-hybridized carbons (Fsp3) is 1.00. The smallest absolute Gasteiger partial charge is 0.155 e. The number of aliphatic hydroxyl groups is 2. The third-order valence-corrected chi connectivity index (χ3v) is 1.83. The lowest BCUT2D eigenvalue weighted by molar-refractivity contribution is -0.283. The topological polar surface area (TPSA) is 58.9 Å². The highest BCUT2D eigenvalue weighted by atomic mass is 16.7. The second-order valence-corrected chi connectivity index (χ2v) is 3.04. The SMILES string of the molecule is CC1OCC(C)(O)C(CO)O1. The summed E-state index contributed by atoms with van der Waals surface area (Å²) < 4.78 is 10.2. The predicted molar refractivity (Wildman–Crippen MR) is 38.0 cm³/mol. The fourth-order valence-corrected chi connectivity index (χ4v) is 1.04. The van der Waals surface area contributed by atoms with Crippen LogP contribution in [0.5, 0.6) is 0 Å². The van der Waals surface area contributed by atoms with E-state index in [1.807, 2.05) is 0 Å². The molecule has 1 aliphatic heterocycles. The predicted octanol–water partition coefficient (Wildman–Crippen LogP) is -0.509. The highest BCUT2D eigenvalue weighted by Gasteiger charge is 2.38. The molecular weight excluding hydrogens is 148 g/mol. The molecule has 0 aromatic carbocycles. The zero-order valence-electron chi connectivity index (χ0n) is 6.78. The summed E-state index contributed by atoms with van der Waals surface area (Å²) in [4.78, 5) is 0. The number of aliphatic hydroxyl groups excluding tert-OH is 1. The Bertz CT molecular complexity index is 134. The monoisotopic (exact) mass is 162 g/mol. The first-order valence-corrected chi connectivity index (χ1v) is 3.66. The molecule has 1 aliphatic rings. The molecule has 1 fully saturated rings. The molecule has 0 amide bonds. The summed E-state index contributed by atoms with van der Waals surface area (Å²) in [6.45, 7) is 3.34. The number of ether oxygens (including phenoxy) is 2.